The molecule has 0 heterocycles. The lowest BCUT2D eigenvalue weighted by atomic mass is 10.0. The molecule has 0 fully saturated rings. The predicted molar refractivity (Wildman–Crippen MR) is 261 cm³/mol. The molecule has 0 amide bonds. The van der Waals surface area contributed by atoms with Crippen LogP contribution in [0, 0.1) is 0 Å². The minimum atomic E-state index is -4.62. The van der Waals surface area contributed by atoms with Gasteiger partial charge < -0.3 is 24.6 Å². The van der Waals surface area contributed by atoms with E-state index in [2.05, 4.69) is 38.2 Å². The zero-order chi connectivity index (χ0) is 46.2. The first kappa shape index (κ1) is 61.5. The van der Waals surface area contributed by atoms with Crippen LogP contribution in [0.3, 0.4) is 0 Å². The van der Waals surface area contributed by atoms with Crippen molar-refractivity contribution in [3.8, 4) is 0 Å². The highest BCUT2D eigenvalue weighted by Gasteiger charge is 2.27. The highest BCUT2D eigenvalue weighted by atomic mass is 31.2. The molecule has 3 N–H and O–H groups in total. The minimum absolute atomic E-state index is 0.178. The molecule has 0 bridgehead atoms. The second kappa shape index (κ2) is 48.4. The molecule has 372 valence electrons. The predicted octanol–water partition coefficient (Wildman–Crippen LogP) is 14.9. The van der Waals surface area contributed by atoms with Gasteiger partial charge in [-0.15, -0.1) is 0 Å². The van der Waals surface area contributed by atoms with Gasteiger partial charge in [0.05, 0.1) is 19.8 Å². The third kappa shape index (κ3) is 48.2. The molecular weight excluding hydrogens is 816 g/mol. The fraction of sp³-hybridized carbons (Fsp3) is 0.885. The summed E-state index contributed by atoms with van der Waals surface area (Å²) in [4.78, 5) is 35.2. The van der Waals surface area contributed by atoms with E-state index in [1.807, 2.05) is 0 Å². The number of hydrogen-bond donors (Lipinski definition) is 3. The summed E-state index contributed by atoms with van der Waals surface area (Å²) in [5.74, 6) is -0.920. The minimum Gasteiger partial charge on any atom is -0.462 e. The molecule has 0 rings (SSSR count). The Balaban J connectivity index is 4.11. The van der Waals surface area contributed by atoms with Crippen molar-refractivity contribution in [3.63, 3.8) is 0 Å². The Morgan fingerprint density at radius 1 is 0.476 bits per heavy atom. The number of aliphatic hydroxyl groups is 2. The topological polar surface area (TPSA) is 149 Å². The Morgan fingerprint density at radius 2 is 0.825 bits per heavy atom. The molecule has 0 aromatic carbocycles. The average Bonchev–Trinajstić information content (AvgIpc) is 3.27. The monoisotopic (exact) mass is 915 g/mol. The van der Waals surface area contributed by atoms with Crippen molar-refractivity contribution in [1.82, 2.24) is 0 Å². The van der Waals surface area contributed by atoms with Gasteiger partial charge in [0.25, 0.3) is 0 Å². The number of phosphoric ester groups is 1. The van der Waals surface area contributed by atoms with E-state index in [-0.39, 0.29) is 19.4 Å². The van der Waals surface area contributed by atoms with Crippen LogP contribution >= 0.6 is 7.82 Å². The van der Waals surface area contributed by atoms with Crippen LogP contribution in [0.5, 0.6) is 0 Å². The average molecular weight is 915 g/mol. The normalized spacial score (nSPS) is 13.8. The molecule has 3 unspecified atom stereocenters. The van der Waals surface area contributed by atoms with E-state index >= 15 is 0 Å². The fourth-order valence-electron chi connectivity index (χ4n) is 7.56. The molecule has 63 heavy (non-hydrogen) atoms. The van der Waals surface area contributed by atoms with E-state index in [9.17, 15) is 24.2 Å². The molecule has 3 atom stereocenters. The van der Waals surface area contributed by atoms with Crippen LogP contribution in [0.4, 0.5) is 0 Å². The van der Waals surface area contributed by atoms with Crippen LogP contribution < -0.4 is 0 Å². The van der Waals surface area contributed by atoms with Crippen molar-refractivity contribution in [2.45, 2.75) is 270 Å². The Hall–Kier alpha value is -1.55. The van der Waals surface area contributed by atoms with E-state index in [1.165, 1.54) is 167 Å². The van der Waals surface area contributed by atoms with E-state index in [0.29, 0.717) is 12.8 Å². The van der Waals surface area contributed by atoms with Crippen molar-refractivity contribution < 1.29 is 47.8 Å². The summed E-state index contributed by atoms with van der Waals surface area (Å²) in [6, 6.07) is 0. The first-order valence-electron chi connectivity index (χ1n) is 26.3. The number of unbranched alkanes of at least 4 members (excludes halogenated alkanes) is 32. The van der Waals surface area contributed by atoms with E-state index in [0.717, 1.165) is 51.4 Å². The lowest BCUT2D eigenvalue weighted by molar-refractivity contribution is -0.161. The summed E-state index contributed by atoms with van der Waals surface area (Å²) < 4.78 is 32.9. The first-order chi connectivity index (χ1) is 30.7. The fourth-order valence-corrected chi connectivity index (χ4v) is 8.35. The van der Waals surface area contributed by atoms with Crippen molar-refractivity contribution in [1.29, 1.82) is 0 Å². The lowest BCUT2D eigenvalue weighted by Gasteiger charge is -2.20. The number of hydrogen-bond acceptors (Lipinski definition) is 9. The zero-order valence-electron chi connectivity index (χ0n) is 40.8. The van der Waals surface area contributed by atoms with Gasteiger partial charge in [0.1, 0.15) is 12.7 Å². The molecule has 10 nitrogen and oxygen atoms in total. The summed E-state index contributed by atoms with van der Waals surface area (Å²) in [6.45, 7) is 2.40. The van der Waals surface area contributed by atoms with Gasteiger partial charge >= 0.3 is 19.8 Å². The Bertz CT molecular complexity index is 1100. The SMILES string of the molecule is CCCCC/C=C\C/C=C\CCCCCCCCCC(=O)OC(COC(=O)CCCCCCCCCCCCCCCCCCCCCCCCC)COP(=O)(O)OCC(O)CO. The van der Waals surface area contributed by atoms with E-state index in [1.54, 1.807) is 0 Å². The maximum atomic E-state index is 12.7. The standard InChI is InChI=1S/C52H99O10P/c1-3-5-7-9-11-13-15-17-19-21-22-23-24-25-26-28-29-31-33-35-37-39-41-43-51(55)59-47-50(48-61-63(57,58)60-46-49(54)45-53)62-52(56)44-42-40-38-36-34-32-30-27-20-18-16-14-12-10-8-6-4-2/h12,14,18,20,49-50,53-54H,3-11,13,15-17,19,21-48H2,1-2H3,(H,57,58)/b14-12-,20-18-. The Morgan fingerprint density at radius 3 is 1.25 bits per heavy atom. The van der Waals surface area contributed by atoms with Crippen molar-refractivity contribution in [2.75, 3.05) is 26.4 Å². The number of ether oxygens (including phenoxy) is 2. The van der Waals surface area contributed by atoms with Crippen LogP contribution in [-0.4, -0.2) is 65.7 Å². The zero-order valence-corrected chi connectivity index (χ0v) is 41.7. The summed E-state index contributed by atoms with van der Waals surface area (Å²) in [5, 5.41) is 18.4. The molecule has 0 saturated heterocycles. The van der Waals surface area contributed by atoms with Crippen LogP contribution in [0.1, 0.15) is 258 Å². The molecule has 0 aliphatic rings. The second-order valence-electron chi connectivity index (χ2n) is 17.9. The van der Waals surface area contributed by atoms with E-state index < -0.39 is 51.8 Å². The number of phosphoric acid groups is 1. The van der Waals surface area contributed by atoms with Gasteiger partial charge in [0.2, 0.25) is 0 Å². The molecular formula is C52H99O10P. The number of esters is 2. The summed E-state index contributed by atoms with van der Waals surface area (Å²) in [6.07, 6.45) is 51.5. The third-order valence-electron chi connectivity index (χ3n) is 11.6. The molecule has 0 aromatic heterocycles. The second-order valence-corrected chi connectivity index (χ2v) is 19.4. The molecule has 0 spiro atoms. The molecule has 0 aromatic rings. The van der Waals surface area contributed by atoms with Gasteiger partial charge in [-0.3, -0.25) is 18.6 Å². The molecule has 11 heteroatoms. The summed E-state index contributed by atoms with van der Waals surface area (Å²) in [5.41, 5.74) is 0. The quantitative estimate of drug-likeness (QED) is 0.0233. The lowest BCUT2D eigenvalue weighted by Crippen LogP contribution is -2.29. The number of carbonyl (C=O) groups excluding carboxylic acids is 2. The van der Waals surface area contributed by atoms with Gasteiger partial charge in [-0.1, -0.05) is 224 Å². The van der Waals surface area contributed by atoms with Gasteiger partial charge in [-0.25, -0.2) is 4.57 Å². The highest BCUT2D eigenvalue weighted by molar-refractivity contribution is 7.47. The van der Waals surface area contributed by atoms with Crippen LogP contribution in [-0.2, 0) is 32.7 Å². The first-order valence-corrected chi connectivity index (χ1v) is 27.8. The molecule has 0 aliphatic carbocycles. The highest BCUT2D eigenvalue weighted by Crippen LogP contribution is 2.43. The largest absolute Gasteiger partial charge is 0.472 e. The summed E-state index contributed by atoms with van der Waals surface area (Å²) in [7, 11) is -4.62. The van der Waals surface area contributed by atoms with Gasteiger partial charge in [0, 0.05) is 12.8 Å². The molecule has 0 saturated carbocycles. The van der Waals surface area contributed by atoms with Crippen molar-refractivity contribution in [3.05, 3.63) is 24.3 Å². The van der Waals surface area contributed by atoms with E-state index in [4.69, 9.17) is 23.6 Å². The number of carbonyl (C=O) groups is 2. The van der Waals surface area contributed by atoms with Crippen LogP contribution in [0.15, 0.2) is 24.3 Å². The van der Waals surface area contributed by atoms with Gasteiger partial charge in [-0.2, -0.15) is 0 Å². The summed E-state index contributed by atoms with van der Waals surface area (Å²) >= 11 is 0. The molecule has 0 aliphatic heterocycles. The maximum absolute atomic E-state index is 12.7. The van der Waals surface area contributed by atoms with Crippen molar-refractivity contribution >= 4 is 19.8 Å². The number of aliphatic hydroxyl groups excluding tert-OH is 2. The maximum Gasteiger partial charge on any atom is 0.472 e. The Labute approximate surface area is 387 Å². The Kier molecular flexibility index (Phi) is 47.2. The van der Waals surface area contributed by atoms with Gasteiger partial charge in [-0.05, 0) is 44.9 Å². The third-order valence-corrected chi connectivity index (χ3v) is 12.6. The van der Waals surface area contributed by atoms with Crippen molar-refractivity contribution in [2.24, 2.45) is 0 Å². The van der Waals surface area contributed by atoms with Crippen LogP contribution in [0.25, 0.3) is 0 Å². The van der Waals surface area contributed by atoms with Gasteiger partial charge in [0.15, 0.2) is 6.10 Å². The van der Waals surface area contributed by atoms with Crippen LogP contribution in [0.2, 0.25) is 0 Å². The number of allylic oxidation sites excluding steroid dienone is 4. The molecule has 0 radical (unpaired) electrons. The number of rotatable bonds is 50. The smallest absolute Gasteiger partial charge is 0.462 e.